The molecule has 2 aromatic rings. The van der Waals surface area contributed by atoms with Crippen molar-refractivity contribution in [3.8, 4) is 0 Å². The van der Waals surface area contributed by atoms with Crippen LogP contribution in [0.3, 0.4) is 0 Å². The van der Waals surface area contributed by atoms with Crippen molar-refractivity contribution in [1.29, 1.82) is 0 Å². The summed E-state index contributed by atoms with van der Waals surface area (Å²) in [5.74, 6) is 0. The summed E-state index contributed by atoms with van der Waals surface area (Å²) in [5, 5.41) is 6.76. The molecule has 0 saturated carbocycles. The fraction of sp³-hybridized carbons (Fsp3) is 0.438. The number of aryl methyl sites for hydroxylation is 1. The summed E-state index contributed by atoms with van der Waals surface area (Å²) >= 11 is 1.73. The number of nitrogens with one attached hydrogen (secondary N) is 1. The Morgan fingerprint density at radius 2 is 2.05 bits per heavy atom. The van der Waals surface area contributed by atoms with Gasteiger partial charge in [-0.05, 0) is 24.1 Å². The van der Waals surface area contributed by atoms with Gasteiger partial charge in [-0.2, -0.15) is 0 Å². The number of thiazole rings is 1. The molecule has 0 aliphatic rings. The summed E-state index contributed by atoms with van der Waals surface area (Å²) in [4.78, 5) is 4.70. The average Bonchev–Trinajstić information content (AvgIpc) is 2.85. The van der Waals surface area contributed by atoms with Gasteiger partial charge in [-0.1, -0.05) is 39.8 Å². The second kappa shape index (κ2) is 5.74. The monoisotopic (exact) mass is 274 g/mol. The van der Waals surface area contributed by atoms with Gasteiger partial charge in [0.1, 0.15) is 5.01 Å². The lowest BCUT2D eigenvalue weighted by molar-refractivity contribution is 0.571. The Bertz CT molecular complexity index is 538. The maximum Gasteiger partial charge on any atom is 0.112 e. The standard InChI is InChI=1S/C16H22N2S/c1-5-12-7-6-8-13(9-12)17-10-15-18-14(11-19-15)16(2,3)4/h6-9,11,17H,5,10H2,1-4H3. The van der Waals surface area contributed by atoms with Crippen molar-refractivity contribution in [3.63, 3.8) is 0 Å². The van der Waals surface area contributed by atoms with Gasteiger partial charge in [-0.25, -0.2) is 4.98 Å². The van der Waals surface area contributed by atoms with Crippen LogP contribution in [0.2, 0.25) is 0 Å². The van der Waals surface area contributed by atoms with Crippen LogP contribution in [0.5, 0.6) is 0 Å². The van der Waals surface area contributed by atoms with E-state index in [1.165, 1.54) is 16.9 Å². The molecule has 0 amide bonds. The minimum Gasteiger partial charge on any atom is -0.379 e. The molecule has 1 aromatic carbocycles. The largest absolute Gasteiger partial charge is 0.379 e. The van der Waals surface area contributed by atoms with Gasteiger partial charge in [0.25, 0.3) is 0 Å². The van der Waals surface area contributed by atoms with Crippen LogP contribution in [0.4, 0.5) is 5.69 Å². The predicted molar refractivity (Wildman–Crippen MR) is 84.0 cm³/mol. The molecule has 0 aliphatic heterocycles. The highest BCUT2D eigenvalue weighted by molar-refractivity contribution is 7.09. The zero-order valence-corrected chi connectivity index (χ0v) is 13.0. The molecule has 0 saturated heterocycles. The van der Waals surface area contributed by atoms with Crippen LogP contribution in [0, 0.1) is 0 Å². The zero-order chi connectivity index (χ0) is 13.9. The fourth-order valence-corrected chi connectivity index (χ4v) is 2.78. The molecule has 0 aliphatic carbocycles. The van der Waals surface area contributed by atoms with E-state index in [-0.39, 0.29) is 5.41 Å². The van der Waals surface area contributed by atoms with E-state index in [0.29, 0.717) is 0 Å². The molecule has 0 spiro atoms. The number of hydrogen-bond donors (Lipinski definition) is 1. The van der Waals surface area contributed by atoms with Gasteiger partial charge >= 0.3 is 0 Å². The van der Waals surface area contributed by atoms with Gasteiger partial charge < -0.3 is 5.32 Å². The SMILES string of the molecule is CCc1cccc(NCc2nc(C(C)(C)C)cs2)c1. The summed E-state index contributed by atoms with van der Waals surface area (Å²) in [6.07, 6.45) is 1.07. The molecule has 0 unspecified atom stereocenters. The summed E-state index contributed by atoms with van der Waals surface area (Å²) in [6, 6.07) is 8.57. The zero-order valence-electron chi connectivity index (χ0n) is 12.2. The summed E-state index contributed by atoms with van der Waals surface area (Å²) in [6.45, 7) is 9.57. The number of rotatable bonds is 4. The molecule has 3 heteroatoms. The quantitative estimate of drug-likeness (QED) is 0.880. The normalized spacial score (nSPS) is 11.6. The van der Waals surface area contributed by atoms with E-state index in [9.17, 15) is 0 Å². The van der Waals surface area contributed by atoms with E-state index < -0.39 is 0 Å². The first-order valence-corrected chi connectivity index (χ1v) is 7.64. The van der Waals surface area contributed by atoms with Crippen molar-refractivity contribution < 1.29 is 0 Å². The van der Waals surface area contributed by atoms with Gasteiger partial charge in [0.15, 0.2) is 0 Å². The maximum absolute atomic E-state index is 4.70. The minimum absolute atomic E-state index is 0.136. The van der Waals surface area contributed by atoms with Gasteiger partial charge in [0.2, 0.25) is 0 Å². The van der Waals surface area contributed by atoms with Gasteiger partial charge in [0, 0.05) is 16.5 Å². The van der Waals surface area contributed by atoms with E-state index in [1.54, 1.807) is 11.3 Å². The molecule has 0 radical (unpaired) electrons. The van der Waals surface area contributed by atoms with E-state index >= 15 is 0 Å². The Morgan fingerprint density at radius 3 is 2.68 bits per heavy atom. The lowest BCUT2D eigenvalue weighted by Gasteiger charge is -2.14. The highest BCUT2D eigenvalue weighted by atomic mass is 32.1. The molecule has 0 fully saturated rings. The Labute approximate surface area is 119 Å². The van der Waals surface area contributed by atoms with E-state index in [1.807, 2.05) is 0 Å². The topological polar surface area (TPSA) is 24.9 Å². The second-order valence-corrected chi connectivity index (χ2v) is 6.73. The number of aromatic nitrogens is 1. The summed E-state index contributed by atoms with van der Waals surface area (Å²) < 4.78 is 0. The van der Waals surface area contributed by atoms with E-state index in [2.05, 4.69) is 62.7 Å². The first kappa shape index (κ1) is 14.1. The first-order chi connectivity index (χ1) is 8.99. The minimum atomic E-state index is 0.136. The number of benzene rings is 1. The van der Waals surface area contributed by atoms with Crippen molar-refractivity contribution >= 4 is 17.0 Å². The Balaban J connectivity index is 2.00. The lowest BCUT2D eigenvalue weighted by Crippen LogP contribution is -2.11. The van der Waals surface area contributed by atoms with Crippen molar-refractivity contribution in [2.75, 3.05) is 5.32 Å². The maximum atomic E-state index is 4.70. The van der Waals surface area contributed by atoms with Crippen LogP contribution in [-0.4, -0.2) is 4.98 Å². The smallest absolute Gasteiger partial charge is 0.112 e. The van der Waals surface area contributed by atoms with E-state index in [0.717, 1.165) is 18.0 Å². The van der Waals surface area contributed by atoms with Crippen molar-refractivity contribution in [3.05, 3.63) is 45.9 Å². The average molecular weight is 274 g/mol. The predicted octanol–water partition coefficient (Wildman–Crippen LogP) is 4.62. The Hall–Kier alpha value is -1.35. The van der Waals surface area contributed by atoms with Crippen molar-refractivity contribution in [1.82, 2.24) is 4.98 Å². The molecule has 2 nitrogen and oxygen atoms in total. The number of nitrogens with zero attached hydrogens (tertiary/aromatic N) is 1. The van der Waals surface area contributed by atoms with Crippen molar-refractivity contribution in [2.24, 2.45) is 0 Å². The highest BCUT2D eigenvalue weighted by Crippen LogP contribution is 2.24. The van der Waals surface area contributed by atoms with Crippen LogP contribution >= 0.6 is 11.3 Å². The third-order valence-corrected chi connectivity index (χ3v) is 3.95. The third kappa shape index (κ3) is 3.80. The van der Waals surface area contributed by atoms with Crippen LogP contribution in [0.25, 0.3) is 0 Å². The van der Waals surface area contributed by atoms with Crippen LogP contribution in [-0.2, 0) is 18.4 Å². The highest BCUT2D eigenvalue weighted by Gasteiger charge is 2.17. The molecule has 19 heavy (non-hydrogen) atoms. The van der Waals surface area contributed by atoms with Gasteiger partial charge in [-0.15, -0.1) is 11.3 Å². The molecule has 1 N–H and O–H groups in total. The lowest BCUT2D eigenvalue weighted by atomic mass is 9.93. The Kier molecular flexibility index (Phi) is 4.25. The molecular formula is C16H22N2S. The molecule has 0 atom stereocenters. The van der Waals surface area contributed by atoms with Gasteiger partial charge in [-0.3, -0.25) is 0 Å². The van der Waals surface area contributed by atoms with Gasteiger partial charge in [0.05, 0.1) is 12.2 Å². The number of anilines is 1. The van der Waals surface area contributed by atoms with Crippen molar-refractivity contribution in [2.45, 2.75) is 46.1 Å². The molecule has 1 aromatic heterocycles. The third-order valence-electron chi connectivity index (χ3n) is 3.10. The number of hydrogen-bond acceptors (Lipinski definition) is 3. The Morgan fingerprint density at radius 1 is 1.26 bits per heavy atom. The molecule has 2 rings (SSSR count). The van der Waals surface area contributed by atoms with Crippen LogP contribution < -0.4 is 5.32 Å². The first-order valence-electron chi connectivity index (χ1n) is 6.76. The fourth-order valence-electron chi connectivity index (χ4n) is 1.82. The summed E-state index contributed by atoms with van der Waals surface area (Å²) in [7, 11) is 0. The molecule has 0 bridgehead atoms. The summed E-state index contributed by atoms with van der Waals surface area (Å²) in [5.41, 5.74) is 3.85. The van der Waals surface area contributed by atoms with Crippen LogP contribution in [0.15, 0.2) is 29.6 Å². The van der Waals surface area contributed by atoms with Crippen LogP contribution in [0.1, 0.15) is 44.0 Å². The second-order valence-electron chi connectivity index (χ2n) is 5.78. The molecular weight excluding hydrogens is 252 g/mol. The molecule has 1 heterocycles. The van der Waals surface area contributed by atoms with E-state index in [4.69, 9.17) is 4.98 Å². The molecule has 102 valence electrons.